The summed E-state index contributed by atoms with van der Waals surface area (Å²) >= 11 is 1.59. The Bertz CT molecular complexity index is 543. The highest BCUT2D eigenvalue weighted by Crippen LogP contribution is 2.22. The van der Waals surface area contributed by atoms with Crippen LogP contribution in [0.5, 0.6) is 0 Å². The Morgan fingerprint density at radius 1 is 1.30 bits per heavy atom. The van der Waals surface area contributed by atoms with E-state index in [1.807, 2.05) is 34.9 Å². The van der Waals surface area contributed by atoms with Crippen molar-refractivity contribution in [3.63, 3.8) is 0 Å². The van der Waals surface area contributed by atoms with Gasteiger partial charge in [0.15, 0.2) is 11.0 Å². The minimum absolute atomic E-state index is 0.422. The minimum Gasteiger partial charge on any atom is -0.501 e. The first-order chi connectivity index (χ1) is 9.86. The Kier molecular flexibility index (Phi) is 5.64. The van der Waals surface area contributed by atoms with Gasteiger partial charge in [-0.15, -0.1) is 10.2 Å². The van der Waals surface area contributed by atoms with Gasteiger partial charge in [0, 0.05) is 18.6 Å². The Morgan fingerprint density at radius 3 is 2.80 bits per heavy atom. The number of thioether (sulfide) groups is 1. The van der Waals surface area contributed by atoms with Crippen molar-refractivity contribution < 1.29 is 9.47 Å². The van der Waals surface area contributed by atoms with E-state index in [0.717, 1.165) is 22.4 Å². The summed E-state index contributed by atoms with van der Waals surface area (Å²) in [7, 11) is 1.65. The number of para-hydroxylation sites is 1. The molecule has 1 aromatic carbocycles. The van der Waals surface area contributed by atoms with Crippen LogP contribution in [0.2, 0.25) is 0 Å². The lowest BCUT2D eigenvalue weighted by atomic mass is 10.3. The van der Waals surface area contributed by atoms with Gasteiger partial charge in [-0.3, -0.25) is 4.57 Å². The average Bonchev–Trinajstić information content (AvgIpc) is 2.88. The summed E-state index contributed by atoms with van der Waals surface area (Å²) in [5, 5.41) is 9.24. The van der Waals surface area contributed by atoms with E-state index in [1.54, 1.807) is 18.9 Å². The van der Waals surface area contributed by atoms with Crippen LogP contribution < -0.4 is 0 Å². The highest BCUT2D eigenvalue weighted by atomic mass is 32.2. The summed E-state index contributed by atoms with van der Waals surface area (Å²) < 4.78 is 12.3. The molecule has 1 heterocycles. The number of hydrogen-bond acceptors (Lipinski definition) is 5. The molecular formula is C14H17N3O2S. The first kappa shape index (κ1) is 14.6. The normalized spacial score (nSPS) is 10.4. The largest absolute Gasteiger partial charge is 0.501 e. The van der Waals surface area contributed by atoms with Crippen molar-refractivity contribution in [3.05, 3.63) is 49.0 Å². The van der Waals surface area contributed by atoms with Crippen molar-refractivity contribution in [2.24, 2.45) is 0 Å². The predicted molar refractivity (Wildman–Crippen MR) is 78.9 cm³/mol. The number of benzene rings is 1. The number of methoxy groups -OCH3 is 1. The smallest absolute Gasteiger partial charge is 0.196 e. The summed E-state index contributed by atoms with van der Waals surface area (Å²) in [5.74, 6) is 1.56. The van der Waals surface area contributed by atoms with Crippen LogP contribution in [0.1, 0.15) is 5.82 Å². The van der Waals surface area contributed by atoms with Gasteiger partial charge in [0.2, 0.25) is 0 Å². The minimum atomic E-state index is 0.422. The zero-order valence-corrected chi connectivity index (χ0v) is 12.2. The lowest BCUT2D eigenvalue weighted by molar-refractivity contribution is 0.176. The molecule has 0 amide bonds. The average molecular weight is 291 g/mol. The molecule has 0 fully saturated rings. The molecule has 106 valence electrons. The van der Waals surface area contributed by atoms with Gasteiger partial charge < -0.3 is 9.47 Å². The van der Waals surface area contributed by atoms with Gasteiger partial charge in [-0.1, -0.05) is 36.5 Å². The Morgan fingerprint density at radius 2 is 2.10 bits per heavy atom. The molecular weight excluding hydrogens is 274 g/mol. The van der Waals surface area contributed by atoms with Crippen molar-refractivity contribution in [2.45, 2.75) is 11.8 Å². The standard InChI is InChI=1S/C14H17N3O2S/c1-3-19-9-10-20-14-16-15-13(11-18-2)17(14)12-7-5-4-6-8-12/h3-8H,1,9-11H2,2H3. The predicted octanol–water partition coefficient (Wildman–Crippen LogP) is 2.67. The number of hydrogen-bond donors (Lipinski definition) is 0. The van der Waals surface area contributed by atoms with E-state index in [-0.39, 0.29) is 0 Å². The van der Waals surface area contributed by atoms with Crippen LogP contribution in [0.15, 0.2) is 48.3 Å². The molecule has 0 saturated carbocycles. The van der Waals surface area contributed by atoms with E-state index in [1.165, 1.54) is 6.26 Å². The molecule has 2 rings (SSSR count). The molecule has 20 heavy (non-hydrogen) atoms. The molecule has 2 aromatic rings. The monoisotopic (exact) mass is 291 g/mol. The highest BCUT2D eigenvalue weighted by Gasteiger charge is 2.13. The van der Waals surface area contributed by atoms with Crippen molar-refractivity contribution in [1.29, 1.82) is 0 Å². The molecule has 0 aliphatic carbocycles. The van der Waals surface area contributed by atoms with E-state index in [0.29, 0.717) is 13.2 Å². The second-order valence-electron chi connectivity index (χ2n) is 3.89. The summed E-state index contributed by atoms with van der Waals surface area (Å²) in [4.78, 5) is 0. The SMILES string of the molecule is C=COCCSc1nnc(COC)n1-c1ccccc1. The van der Waals surface area contributed by atoms with Gasteiger partial charge >= 0.3 is 0 Å². The molecule has 5 nitrogen and oxygen atoms in total. The van der Waals surface area contributed by atoms with Gasteiger partial charge in [-0.25, -0.2) is 0 Å². The van der Waals surface area contributed by atoms with Crippen LogP contribution in [0.4, 0.5) is 0 Å². The first-order valence-electron chi connectivity index (χ1n) is 6.20. The Labute approximate surface area is 122 Å². The van der Waals surface area contributed by atoms with Crippen LogP contribution in [0, 0.1) is 0 Å². The maximum atomic E-state index is 5.18. The van der Waals surface area contributed by atoms with Gasteiger partial charge in [0.05, 0.1) is 12.9 Å². The van der Waals surface area contributed by atoms with Crippen molar-refractivity contribution in [3.8, 4) is 5.69 Å². The first-order valence-corrected chi connectivity index (χ1v) is 7.19. The molecule has 0 saturated heterocycles. The fourth-order valence-electron chi connectivity index (χ4n) is 1.72. The molecule has 0 N–H and O–H groups in total. The third-order valence-electron chi connectivity index (χ3n) is 2.54. The second kappa shape index (κ2) is 7.72. The van der Waals surface area contributed by atoms with Crippen LogP contribution >= 0.6 is 11.8 Å². The number of rotatable bonds is 8. The lowest BCUT2D eigenvalue weighted by Gasteiger charge is -2.09. The van der Waals surface area contributed by atoms with Crippen LogP contribution in [0.25, 0.3) is 5.69 Å². The molecule has 0 atom stereocenters. The Balaban J connectivity index is 2.21. The zero-order valence-electron chi connectivity index (χ0n) is 11.4. The molecule has 0 unspecified atom stereocenters. The third kappa shape index (κ3) is 3.61. The van der Waals surface area contributed by atoms with E-state index in [2.05, 4.69) is 16.8 Å². The molecule has 0 aliphatic heterocycles. The summed E-state index contributed by atoms with van der Waals surface area (Å²) in [6, 6.07) is 10.00. The van der Waals surface area contributed by atoms with Crippen molar-refractivity contribution in [2.75, 3.05) is 19.5 Å². The molecule has 6 heteroatoms. The van der Waals surface area contributed by atoms with Crippen molar-refractivity contribution >= 4 is 11.8 Å². The van der Waals surface area contributed by atoms with Crippen LogP contribution in [0.3, 0.4) is 0 Å². The highest BCUT2D eigenvalue weighted by molar-refractivity contribution is 7.99. The Hall–Kier alpha value is -1.79. The molecule has 0 spiro atoms. The molecule has 0 bridgehead atoms. The number of nitrogens with zero attached hydrogens (tertiary/aromatic N) is 3. The van der Waals surface area contributed by atoms with Gasteiger partial charge in [-0.05, 0) is 12.1 Å². The maximum absolute atomic E-state index is 5.18. The van der Waals surface area contributed by atoms with E-state index in [4.69, 9.17) is 9.47 Å². The fraction of sp³-hybridized carbons (Fsp3) is 0.286. The van der Waals surface area contributed by atoms with Crippen LogP contribution in [-0.2, 0) is 16.1 Å². The lowest BCUT2D eigenvalue weighted by Crippen LogP contribution is -2.04. The summed E-state index contributed by atoms with van der Waals surface area (Å²) in [6.45, 7) is 4.53. The van der Waals surface area contributed by atoms with Gasteiger partial charge in [-0.2, -0.15) is 0 Å². The second-order valence-corrected chi connectivity index (χ2v) is 4.95. The maximum Gasteiger partial charge on any atom is 0.196 e. The van der Waals surface area contributed by atoms with E-state index >= 15 is 0 Å². The zero-order chi connectivity index (χ0) is 14.2. The summed E-state index contributed by atoms with van der Waals surface area (Å²) in [6.07, 6.45) is 1.44. The molecule has 0 aliphatic rings. The number of aromatic nitrogens is 3. The summed E-state index contributed by atoms with van der Waals surface area (Å²) in [5.41, 5.74) is 1.02. The quantitative estimate of drug-likeness (QED) is 0.425. The van der Waals surface area contributed by atoms with Gasteiger partial charge in [0.1, 0.15) is 6.61 Å². The number of ether oxygens (including phenoxy) is 2. The molecule has 0 radical (unpaired) electrons. The van der Waals surface area contributed by atoms with Crippen molar-refractivity contribution in [1.82, 2.24) is 14.8 Å². The third-order valence-corrected chi connectivity index (χ3v) is 3.43. The van der Waals surface area contributed by atoms with E-state index < -0.39 is 0 Å². The van der Waals surface area contributed by atoms with Crippen LogP contribution in [-0.4, -0.2) is 34.2 Å². The molecule has 1 aromatic heterocycles. The van der Waals surface area contributed by atoms with E-state index in [9.17, 15) is 0 Å². The van der Waals surface area contributed by atoms with Gasteiger partial charge in [0.25, 0.3) is 0 Å². The topological polar surface area (TPSA) is 49.2 Å². The fourth-order valence-corrected chi connectivity index (χ4v) is 2.52.